The third-order valence-electron chi connectivity index (χ3n) is 7.54. The highest BCUT2D eigenvalue weighted by Crippen LogP contribution is 2.51. The molecule has 226 valence electrons. The average Bonchev–Trinajstić information content (AvgIpc) is 3.58. The summed E-state index contributed by atoms with van der Waals surface area (Å²) in [7, 11) is 0. The number of carbonyl (C=O) groups is 1. The van der Waals surface area contributed by atoms with Crippen molar-refractivity contribution < 1.29 is 14.4 Å². The number of hydrogen-bond acceptors (Lipinski definition) is 10. The summed E-state index contributed by atoms with van der Waals surface area (Å²) in [5.74, 6) is -0.135. The van der Waals surface area contributed by atoms with Gasteiger partial charge in [0, 0.05) is 30.6 Å². The van der Waals surface area contributed by atoms with Crippen LogP contribution in [0.1, 0.15) is 25.0 Å². The van der Waals surface area contributed by atoms with Crippen molar-refractivity contribution >= 4 is 51.7 Å². The number of carbonyl (C=O) groups excluding carboxylic acids is 1. The van der Waals surface area contributed by atoms with E-state index < -0.39 is 0 Å². The van der Waals surface area contributed by atoms with Crippen LogP contribution in [0.2, 0.25) is 0 Å². The van der Waals surface area contributed by atoms with E-state index in [2.05, 4.69) is 23.2 Å². The van der Waals surface area contributed by atoms with Gasteiger partial charge in [-0.2, -0.15) is 5.26 Å². The maximum atomic E-state index is 14.3. The predicted molar refractivity (Wildman–Crippen MR) is 177 cm³/mol. The Bertz CT molecular complexity index is 1620. The molecule has 9 nitrogen and oxygen atoms in total. The van der Waals surface area contributed by atoms with Gasteiger partial charge in [-0.05, 0) is 61.5 Å². The van der Waals surface area contributed by atoms with E-state index in [0.717, 1.165) is 53.2 Å². The Morgan fingerprint density at radius 3 is 2.61 bits per heavy atom. The number of aliphatic imine (C=N–C) groups is 1. The Labute approximate surface area is 266 Å². The molecule has 44 heavy (non-hydrogen) atoms. The number of anilines is 2. The van der Waals surface area contributed by atoms with Crippen LogP contribution in [0.3, 0.4) is 0 Å². The van der Waals surface area contributed by atoms with Crippen LogP contribution in [0, 0.1) is 11.3 Å². The van der Waals surface area contributed by atoms with Crippen molar-refractivity contribution in [1.82, 2.24) is 9.80 Å². The lowest BCUT2D eigenvalue weighted by molar-refractivity contribution is -0.122. The molecular formula is C33H34N6O3S2. The zero-order valence-electron chi connectivity index (χ0n) is 24.7. The molecule has 6 rings (SSSR count). The summed E-state index contributed by atoms with van der Waals surface area (Å²) in [4.78, 5) is 31.5. The summed E-state index contributed by atoms with van der Waals surface area (Å²) in [6.45, 7) is 8.88. The number of morpholine rings is 1. The lowest BCUT2D eigenvalue weighted by Crippen LogP contribution is -2.45. The van der Waals surface area contributed by atoms with E-state index in [-0.39, 0.29) is 11.9 Å². The van der Waals surface area contributed by atoms with Gasteiger partial charge in [0.2, 0.25) is 0 Å². The van der Waals surface area contributed by atoms with Gasteiger partial charge in [0.1, 0.15) is 9.93 Å². The molecule has 3 aliphatic heterocycles. The number of rotatable bonds is 9. The molecule has 3 heterocycles. The van der Waals surface area contributed by atoms with Gasteiger partial charge in [-0.1, -0.05) is 54.2 Å². The fourth-order valence-corrected chi connectivity index (χ4v) is 7.43. The number of para-hydroxylation sites is 1. The predicted octanol–water partition coefficient (Wildman–Crippen LogP) is 6.19. The summed E-state index contributed by atoms with van der Waals surface area (Å²) in [5, 5.41) is 16.0. The molecule has 1 unspecified atom stereocenters. The second kappa shape index (κ2) is 13.9. The van der Waals surface area contributed by atoms with E-state index >= 15 is 0 Å². The van der Waals surface area contributed by atoms with Crippen LogP contribution in [-0.2, 0) is 20.9 Å². The highest BCUT2D eigenvalue weighted by molar-refractivity contribution is 8.19. The van der Waals surface area contributed by atoms with E-state index in [1.165, 1.54) is 23.5 Å². The number of hydrogen-bond donors (Lipinski definition) is 1. The van der Waals surface area contributed by atoms with Gasteiger partial charge in [0.15, 0.2) is 5.17 Å². The number of nitriles is 1. The van der Waals surface area contributed by atoms with Gasteiger partial charge < -0.3 is 10.1 Å². The van der Waals surface area contributed by atoms with Gasteiger partial charge >= 0.3 is 0 Å². The number of ether oxygens (including phenoxy) is 1. The van der Waals surface area contributed by atoms with Crippen molar-refractivity contribution in [2.45, 2.75) is 31.3 Å². The monoisotopic (exact) mass is 626 g/mol. The van der Waals surface area contributed by atoms with Gasteiger partial charge in [-0.15, -0.1) is 0 Å². The Balaban J connectivity index is 1.38. The van der Waals surface area contributed by atoms with Crippen LogP contribution in [0.4, 0.5) is 17.1 Å². The molecule has 2 fully saturated rings. The third-order valence-corrected chi connectivity index (χ3v) is 9.86. The summed E-state index contributed by atoms with van der Waals surface area (Å²) < 4.78 is 5.53. The van der Waals surface area contributed by atoms with Crippen LogP contribution in [0.25, 0.3) is 0 Å². The molecule has 11 heteroatoms. The number of benzene rings is 3. The number of fused-ring (bicyclic) bond motifs is 1. The fraction of sp³-hybridized carbons (Fsp3) is 0.303. The third kappa shape index (κ3) is 6.50. The maximum absolute atomic E-state index is 14.3. The van der Waals surface area contributed by atoms with Gasteiger partial charge in [0.05, 0.1) is 55.1 Å². The lowest BCUT2D eigenvalue weighted by Gasteiger charge is -2.33. The van der Waals surface area contributed by atoms with Crippen molar-refractivity contribution in [2.75, 3.05) is 49.8 Å². The summed E-state index contributed by atoms with van der Waals surface area (Å²) in [6, 6.07) is 25.7. The van der Waals surface area contributed by atoms with Crippen molar-refractivity contribution in [3.05, 3.63) is 93.9 Å². The Hall–Kier alpha value is -3.79. The average molecular weight is 627 g/mol. The first kappa shape index (κ1) is 30.2. The minimum Gasteiger partial charge on any atom is -0.384 e. The highest BCUT2D eigenvalue weighted by atomic mass is 32.2. The second-order valence-corrected chi connectivity index (χ2v) is 12.5. The van der Waals surface area contributed by atoms with Crippen LogP contribution in [0.15, 0.2) is 92.6 Å². The second-order valence-electron chi connectivity index (χ2n) is 10.5. The topological polar surface area (TPSA) is 93.4 Å². The molecule has 0 spiro atoms. The molecule has 2 saturated heterocycles. The largest absolute Gasteiger partial charge is 0.384 e. The Morgan fingerprint density at radius 2 is 1.84 bits per heavy atom. The minimum atomic E-state index is -0.135. The number of nitrogens with one attached hydrogen (secondary N) is 1. The molecule has 1 amide bonds. The molecule has 1 atom stereocenters. The molecule has 0 aromatic heterocycles. The number of thioether (sulfide) groups is 2. The molecule has 0 saturated carbocycles. The van der Waals surface area contributed by atoms with E-state index in [9.17, 15) is 10.1 Å². The van der Waals surface area contributed by atoms with Crippen LogP contribution >= 0.6 is 23.5 Å². The molecule has 3 aromatic carbocycles. The normalized spacial score (nSPS) is 20.2. The van der Waals surface area contributed by atoms with E-state index in [0.29, 0.717) is 41.0 Å². The molecule has 0 aliphatic carbocycles. The maximum Gasteiger partial charge on any atom is 0.269 e. The summed E-state index contributed by atoms with van der Waals surface area (Å²) >= 11 is 2.88. The van der Waals surface area contributed by atoms with E-state index in [1.807, 2.05) is 72.7 Å². The molecule has 0 bridgehead atoms. The van der Waals surface area contributed by atoms with Crippen molar-refractivity contribution in [2.24, 2.45) is 4.99 Å². The van der Waals surface area contributed by atoms with Crippen molar-refractivity contribution in [1.29, 1.82) is 5.26 Å². The molecule has 1 N–H and O–H groups in total. The first-order valence-corrected chi connectivity index (χ1v) is 16.4. The lowest BCUT2D eigenvalue weighted by atomic mass is 10.2. The van der Waals surface area contributed by atoms with E-state index in [4.69, 9.17) is 14.6 Å². The fourth-order valence-electron chi connectivity index (χ4n) is 5.20. The highest BCUT2D eigenvalue weighted by Gasteiger charge is 2.41. The molecule has 0 radical (unpaired) electrons. The number of hydroxylamine groups is 1. The summed E-state index contributed by atoms with van der Waals surface area (Å²) in [5.41, 5.74) is 3.83. The van der Waals surface area contributed by atoms with Crippen LogP contribution in [0.5, 0.6) is 0 Å². The first-order chi connectivity index (χ1) is 21.6. The van der Waals surface area contributed by atoms with Gasteiger partial charge in [-0.3, -0.25) is 19.4 Å². The summed E-state index contributed by atoms with van der Waals surface area (Å²) in [6.07, 6.45) is 0. The first-order valence-electron chi connectivity index (χ1n) is 14.7. The zero-order valence-corrected chi connectivity index (χ0v) is 26.4. The van der Waals surface area contributed by atoms with Gasteiger partial charge in [0.25, 0.3) is 5.91 Å². The van der Waals surface area contributed by atoms with Crippen LogP contribution < -0.4 is 10.4 Å². The molecule has 3 aliphatic rings. The zero-order chi connectivity index (χ0) is 30.5. The Kier molecular flexibility index (Phi) is 9.54. The Morgan fingerprint density at radius 1 is 1.07 bits per heavy atom. The molecular weight excluding hydrogens is 593 g/mol. The van der Waals surface area contributed by atoms with Crippen LogP contribution in [-0.4, -0.2) is 66.4 Å². The quantitative estimate of drug-likeness (QED) is 0.279. The van der Waals surface area contributed by atoms with Crippen molar-refractivity contribution in [3.8, 4) is 6.07 Å². The standard InChI is InChI=1S/C33H34N6O3S2/c1-3-35-26-14-13-25(20-34)19-27(26)36-33-38(21-24-9-5-4-6-10-24)31(40)30(44-33)32-39(28-11-7-8-12-29(28)43-32)42-22-23(2)37-15-17-41-18-16-37/h4-14,19,23,35H,3,15-18,21-22H2,1-2H3. The number of nitrogens with zero attached hydrogens (tertiary/aromatic N) is 5. The molecule has 3 aromatic rings. The smallest absolute Gasteiger partial charge is 0.269 e. The number of amides is 1. The SMILES string of the molecule is CCNc1ccc(C#N)cc1N=C1SC(=C2Sc3ccccc3N2OCC(C)N2CCOCC2)C(=O)N1Cc1ccccc1. The van der Waals surface area contributed by atoms with E-state index in [1.54, 1.807) is 17.0 Å². The number of amidine groups is 1. The van der Waals surface area contributed by atoms with Gasteiger partial charge in [-0.25, -0.2) is 10.1 Å². The van der Waals surface area contributed by atoms with Crippen molar-refractivity contribution in [3.63, 3.8) is 0 Å². The minimum absolute atomic E-state index is 0.135.